The van der Waals surface area contributed by atoms with Gasteiger partial charge in [-0.05, 0) is 17.7 Å². The lowest BCUT2D eigenvalue weighted by Crippen LogP contribution is -2.31. The van der Waals surface area contributed by atoms with Gasteiger partial charge in [-0.15, -0.1) is 0 Å². The van der Waals surface area contributed by atoms with Crippen LogP contribution in [0.3, 0.4) is 0 Å². The van der Waals surface area contributed by atoms with Crippen LogP contribution in [0.5, 0.6) is 0 Å². The second kappa shape index (κ2) is 7.43. The number of benzene rings is 1. The van der Waals surface area contributed by atoms with Gasteiger partial charge in [0.15, 0.2) is 0 Å². The van der Waals surface area contributed by atoms with Crippen LogP contribution in [-0.2, 0) is 30.8 Å². The Morgan fingerprint density at radius 3 is 3.00 bits per heavy atom. The number of ether oxygens (including phenoxy) is 1. The van der Waals surface area contributed by atoms with Gasteiger partial charge in [0.05, 0.1) is 24.8 Å². The van der Waals surface area contributed by atoms with Gasteiger partial charge in [-0.2, -0.15) is 10.4 Å². The maximum atomic E-state index is 12.4. The lowest BCUT2D eigenvalue weighted by molar-refractivity contribution is 0.181. The van der Waals surface area contributed by atoms with E-state index in [0.717, 1.165) is 37.4 Å². The smallest absolute Gasteiger partial charge is 0.346 e. The first-order valence-electron chi connectivity index (χ1n) is 8.08. The first-order valence-corrected chi connectivity index (χ1v) is 8.08. The van der Waals surface area contributed by atoms with Crippen LogP contribution < -0.4 is 5.69 Å². The molecule has 0 bridgehead atoms. The van der Waals surface area contributed by atoms with Crippen molar-refractivity contribution in [3.8, 4) is 6.07 Å². The zero-order valence-corrected chi connectivity index (χ0v) is 13.8. The van der Waals surface area contributed by atoms with E-state index in [1.54, 1.807) is 11.7 Å². The molecule has 1 aliphatic heterocycles. The van der Waals surface area contributed by atoms with E-state index in [1.165, 1.54) is 4.68 Å². The lowest BCUT2D eigenvalue weighted by Gasteiger charge is -2.19. The van der Waals surface area contributed by atoms with Gasteiger partial charge in [0.25, 0.3) is 0 Å². The molecular weight excluding hydrogens is 306 g/mol. The van der Waals surface area contributed by atoms with Crippen molar-refractivity contribution in [2.24, 2.45) is 0 Å². The van der Waals surface area contributed by atoms with Gasteiger partial charge in [0, 0.05) is 39.7 Å². The quantitative estimate of drug-likeness (QED) is 0.805. The zero-order chi connectivity index (χ0) is 16.9. The Morgan fingerprint density at radius 2 is 2.21 bits per heavy atom. The number of nitrogens with zero attached hydrogens (tertiary/aromatic N) is 5. The van der Waals surface area contributed by atoms with E-state index in [9.17, 15) is 4.79 Å². The van der Waals surface area contributed by atoms with Crippen LogP contribution in [0, 0.1) is 11.3 Å². The molecular formula is C17H21N5O2. The summed E-state index contributed by atoms with van der Waals surface area (Å²) >= 11 is 0. The van der Waals surface area contributed by atoms with Crippen molar-refractivity contribution in [2.45, 2.75) is 26.1 Å². The molecule has 2 heterocycles. The predicted molar refractivity (Wildman–Crippen MR) is 88.5 cm³/mol. The Morgan fingerprint density at radius 1 is 1.33 bits per heavy atom. The summed E-state index contributed by atoms with van der Waals surface area (Å²) in [6.45, 7) is 4.02. The number of nitriles is 1. The van der Waals surface area contributed by atoms with E-state index in [2.05, 4.69) is 16.1 Å². The topological polar surface area (TPSA) is 76.1 Å². The third-order valence-corrected chi connectivity index (χ3v) is 4.26. The van der Waals surface area contributed by atoms with Crippen molar-refractivity contribution < 1.29 is 4.74 Å². The third-order valence-electron chi connectivity index (χ3n) is 4.26. The highest BCUT2D eigenvalue weighted by atomic mass is 16.5. The van der Waals surface area contributed by atoms with Crippen LogP contribution in [0.2, 0.25) is 0 Å². The molecule has 0 spiro atoms. The van der Waals surface area contributed by atoms with E-state index in [1.807, 2.05) is 24.3 Å². The maximum Gasteiger partial charge on any atom is 0.346 e. The van der Waals surface area contributed by atoms with Gasteiger partial charge >= 0.3 is 5.69 Å². The number of hydrogen-bond donors (Lipinski definition) is 0. The minimum absolute atomic E-state index is 0.0598. The Kier molecular flexibility index (Phi) is 5.08. The fourth-order valence-corrected chi connectivity index (χ4v) is 2.99. The molecule has 0 N–H and O–H groups in total. The summed E-state index contributed by atoms with van der Waals surface area (Å²) in [6.07, 6.45) is 0.743. The summed E-state index contributed by atoms with van der Waals surface area (Å²) in [5.41, 5.74) is 1.73. The van der Waals surface area contributed by atoms with E-state index < -0.39 is 0 Å². The maximum absolute atomic E-state index is 12.4. The molecule has 0 amide bonds. The second-order valence-corrected chi connectivity index (χ2v) is 5.90. The largest absolute Gasteiger partial charge is 0.383 e. The molecule has 24 heavy (non-hydrogen) atoms. The number of hydrogen-bond acceptors (Lipinski definition) is 5. The number of methoxy groups -OCH3 is 1. The molecule has 7 heteroatoms. The number of aromatic nitrogens is 3. The van der Waals surface area contributed by atoms with Crippen LogP contribution in [0.1, 0.15) is 17.0 Å². The molecule has 0 saturated heterocycles. The van der Waals surface area contributed by atoms with E-state index in [-0.39, 0.29) is 5.69 Å². The van der Waals surface area contributed by atoms with Gasteiger partial charge in [0.1, 0.15) is 5.82 Å². The van der Waals surface area contributed by atoms with Crippen molar-refractivity contribution in [3.63, 3.8) is 0 Å². The molecule has 0 radical (unpaired) electrons. The van der Waals surface area contributed by atoms with Crippen LogP contribution in [-0.4, -0.2) is 46.1 Å². The summed E-state index contributed by atoms with van der Waals surface area (Å²) in [4.78, 5) is 14.7. The molecule has 0 atom stereocenters. The van der Waals surface area contributed by atoms with Gasteiger partial charge in [-0.3, -0.25) is 9.47 Å². The molecule has 3 rings (SSSR count). The standard InChI is InChI=1S/C17H21N5O2/c1-24-10-9-22-17(23)21-8-7-20(6-5-16(21)19-22)13-15-4-2-3-14(11-15)12-18/h2-4,11H,5-10,13H2,1H3. The van der Waals surface area contributed by atoms with Crippen LogP contribution in [0.25, 0.3) is 0 Å². The van der Waals surface area contributed by atoms with Crippen LogP contribution in [0.4, 0.5) is 0 Å². The van der Waals surface area contributed by atoms with Gasteiger partial charge in [-0.1, -0.05) is 12.1 Å². The second-order valence-electron chi connectivity index (χ2n) is 5.90. The average Bonchev–Trinajstić information content (AvgIpc) is 2.77. The van der Waals surface area contributed by atoms with Crippen molar-refractivity contribution in [3.05, 3.63) is 51.7 Å². The summed E-state index contributed by atoms with van der Waals surface area (Å²) in [6, 6.07) is 9.84. The zero-order valence-electron chi connectivity index (χ0n) is 13.8. The Labute approximate surface area is 140 Å². The normalized spacial score (nSPS) is 14.8. The highest BCUT2D eigenvalue weighted by Crippen LogP contribution is 2.11. The molecule has 0 unspecified atom stereocenters. The lowest BCUT2D eigenvalue weighted by atomic mass is 10.1. The molecule has 1 aromatic carbocycles. The minimum Gasteiger partial charge on any atom is -0.383 e. The number of fused-ring (bicyclic) bond motifs is 1. The summed E-state index contributed by atoms with van der Waals surface area (Å²) in [5, 5.41) is 13.4. The predicted octanol–water partition coefficient (Wildman–Crippen LogP) is 0.621. The molecule has 7 nitrogen and oxygen atoms in total. The monoisotopic (exact) mass is 327 g/mol. The summed E-state index contributed by atoms with van der Waals surface area (Å²) < 4.78 is 8.28. The molecule has 0 fully saturated rings. The first kappa shape index (κ1) is 16.4. The molecule has 0 saturated carbocycles. The molecule has 126 valence electrons. The first-order chi connectivity index (χ1) is 11.7. The third kappa shape index (κ3) is 3.55. The Balaban J connectivity index is 1.68. The van der Waals surface area contributed by atoms with Crippen LogP contribution in [0.15, 0.2) is 29.1 Å². The van der Waals surface area contributed by atoms with E-state index in [4.69, 9.17) is 10.00 Å². The average molecular weight is 327 g/mol. The Hall–Kier alpha value is -2.43. The summed E-state index contributed by atoms with van der Waals surface area (Å²) in [5.74, 6) is 0.837. The van der Waals surface area contributed by atoms with Crippen molar-refractivity contribution in [2.75, 3.05) is 26.8 Å². The molecule has 1 aromatic heterocycles. The fourth-order valence-electron chi connectivity index (χ4n) is 2.99. The molecule has 2 aromatic rings. The number of rotatable bonds is 5. The van der Waals surface area contributed by atoms with E-state index >= 15 is 0 Å². The summed E-state index contributed by atoms with van der Waals surface area (Å²) in [7, 11) is 1.62. The van der Waals surface area contributed by atoms with Crippen LogP contribution >= 0.6 is 0 Å². The van der Waals surface area contributed by atoms with Gasteiger partial charge < -0.3 is 4.74 Å². The Bertz CT molecular complexity index is 802. The molecule has 0 aliphatic carbocycles. The van der Waals surface area contributed by atoms with E-state index in [0.29, 0.717) is 25.3 Å². The minimum atomic E-state index is -0.0598. The van der Waals surface area contributed by atoms with Crippen molar-refractivity contribution in [1.29, 1.82) is 5.26 Å². The highest BCUT2D eigenvalue weighted by molar-refractivity contribution is 5.32. The molecule has 1 aliphatic rings. The highest BCUT2D eigenvalue weighted by Gasteiger charge is 2.19. The van der Waals surface area contributed by atoms with Crippen molar-refractivity contribution >= 4 is 0 Å². The van der Waals surface area contributed by atoms with Crippen molar-refractivity contribution in [1.82, 2.24) is 19.2 Å². The van der Waals surface area contributed by atoms with Gasteiger partial charge in [-0.25, -0.2) is 9.48 Å². The fraction of sp³-hybridized carbons (Fsp3) is 0.471. The van der Waals surface area contributed by atoms with Gasteiger partial charge in [0.2, 0.25) is 0 Å². The SMILES string of the molecule is COCCn1nc2n(c1=O)CCN(Cc1cccc(C#N)c1)CC2.